The van der Waals surface area contributed by atoms with E-state index < -0.39 is 0 Å². The Labute approximate surface area is 194 Å². The molecule has 3 amide bonds. The molecule has 2 atom stereocenters. The fraction of sp³-hybridized carbons (Fsp3) is 0.500. The minimum atomic E-state index is -0.194. The number of nitrogens with zero attached hydrogens (tertiary/aromatic N) is 2. The zero-order chi connectivity index (χ0) is 22.8. The maximum atomic E-state index is 13.2. The molecule has 1 saturated heterocycles. The monoisotopic (exact) mass is 448 g/mol. The van der Waals surface area contributed by atoms with Crippen molar-refractivity contribution in [2.45, 2.75) is 63.5 Å². The van der Waals surface area contributed by atoms with Crippen LogP contribution < -0.4 is 16.2 Å². The summed E-state index contributed by atoms with van der Waals surface area (Å²) >= 11 is 0. The highest BCUT2D eigenvalue weighted by molar-refractivity contribution is 5.92. The first-order chi connectivity index (χ1) is 16.1. The Morgan fingerprint density at radius 3 is 2.52 bits per heavy atom. The van der Waals surface area contributed by atoms with Crippen molar-refractivity contribution in [1.29, 1.82) is 0 Å². The van der Waals surface area contributed by atoms with Crippen molar-refractivity contribution in [3.63, 3.8) is 0 Å². The molecule has 2 N–H and O–H groups in total. The van der Waals surface area contributed by atoms with Crippen molar-refractivity contribution in [2.75, 3.05) is 18.4 Å². The maximum Gasteiger partial charge on any atom is 0.317 e. The zero-order valence-corrected chi connectivity index (χ0v) is 19.0. The third-order valence-corrected chi connectivity index (χ3v) is 7.31. The van der Waals surface area contributed by atoms with E-state index in [0.717, 1.165) is 30.5 Å². The predicted octanol–water partition coefficient (Wildman–Crippen LogP) is 3.49. The molecule has 1 aromatic heterocycles. The van der Waals surface area contributed by atoms with Crippen LogP contribution in [0, 0.1) is 5.92 Å². The van der Waals surface area contributed by atoms with Gasteiger partial charge in [0.05, 0.1) is 6.42 Å². The highest BCUT2D eigenvalue weighted by atomic mass is 16.2. The summed E-state index contributed by atoms with van der Waals surface area (Å²) in [5.74, 6) is 0.207. The largest absolute Gasteiger partial charge is 0.335 e. The smallest absolute Gasteiger partial charge is 0.317 e. The van der Waals surface area contributed by atoms with E-state index in [1.807, 2.05) is 45.9 Å². The van der Waals surface area contributed by atoms with Crippen LogP contribution in [0.25, 0.3) is 0 Å². The second kappa shape index (κ2) is 9.41. The summed E-state index contributed by atoms with van der Waals surface area (Å²) in [6, 6.07) is 13.5. The molecule has 1 aromatic carbocycles. The first kappa shape index (κ1) is 21.7. The van der Waals surface area contributed by atoms with Gasteiger partial charge in [0, 0.05) is 37.3 Å². The normalized spacial score (nSPS) is 22.4. The van der Waals surface area contributed by atoms with Gasteiger partial charge in [0.15, 0.2) is 0 Å². The van der Waals surface area contributed by atoms with E-state index in [1.165, 1.54) is 19.3 Å². The average Bonchev–Trinajstić information content (AvgIpc) is 2.82. The van der Waals surface area contributed by atoms with Crippen LogP contribution in [-0.2, 0) is 17.8 Å². The summed E-state index contributed by atoms with van der Waals surface area (Å²) in [7, 11) is 0. The first-order valence-electron chi connectivity index (χ1n) is 12.2. The quantitative estimate of drug-likeness (QED) is 0.751. The number of carbonyl (C=O) groups is 2. The summed E-state index contributed by atoms with van der Waals surface area (Å²) in [4.78, 5) is 40.5. The van der Waals surface area contributed by atoms with Gasteiger partial charge in [-0.25, -0.2) is 4.79 Å². The Morgan fingerprint density at radius 1 is 0.939 bits per heavy atom. The molecular formula is C26H32N4O3. The fourth-order valence-corrected chi connectivity index (χ4v) is 5.70. The van der Waals surface area contributed by atoms with Crippen molar-refractivity contribution in [2.24, 2.45) is 5.92 Å². The maximum absolute atomic E-state index is 13.2. The van der Waals surface area contributed by atoms with Crippen LogP contribution in [0.2, 0.25) is 0 Å². The van der Waals surface area contributed by atoms with E-state index in [9.17, 15) is 14.4 Å². The first-order valence-corrected chi connectivity index (χ1v) is 12.2. The van der Waals surface area contributed by atoms with Gasteiger partial charge in [0.25, 0.3) is 5.56 Å². The summed E-state index contributed by atoms with van der Waals surface area (Å²) < 4.78 is 1.81. The number of likely N-dealkylation sites (tertiary alicyclic amines) is 1. The molecule has 0 spiro atoms. The number of pyridine rings is 1. The van der Waals surface area contributed by atoms with Gasteiger partial charge in [-0.1, -0.05) is 49.6 Å². The Morgan fingerprint density at radius 2 is 1.73 bits per heavy atom. The van der Waals surface area contributed by atoms with Crippen molar-refractivity contribution in [3.05, 3.63) is 64.1 Å². The number of aromatic nitrogens is 1. The van der Waals surface area contributed by atoms with E-state index in [-0.39, 0.29) is 35.8 Å². The molecule has 2 aromatic rings. The van der Waals surface area contributed by atoms with Crippen molar-refractivity contribution in [1.82, 2.24) is 14.8 Å². The van der Waals surface area contributed by atoms with Gasteiger partial charge in [0.1, 0.15) is 5.69 Å². The third kappa shape index (κ3) is 4.82. The van der Waals surface area contributed by atoms with Crippen LogP contribution in [-0.4, -0.2) is 40.5 Å². The number of nitrogens with one attached hydrogen (secondary N) is 2. The third-order valence-electron chi connectivity index (χ3n) is 7.31. The lowest BCUT2D eigenvalue weighted by Crippen LogP contribution is -2.53. The number of anilines is 1. The van der Waals surface area contributed by atoms with Gasteiger partial charge in [-0.2, -0.15) is 0 Å². The molecular weight excluding hydrogens is 416 g/mol. The molecule has 1 aliphatic carbocycles. The Bertz CT molecular complexity index is 1070. The fourth-order valence-electron chi connectivity index (χ4n) is 5.70. The molecule has 2 unspecified atom stereocenters. The number of piperidine rings is 1. The van der Waals surface area contributed by atoms with Gasteiger partial charge in [-0.3, -0.25) is 9.59 Å². The lowest BCUT2D eigenvalue weighted by molar-refractivity contribution is -0.115. The standard InChI is InChI=1S/C26H32N4O3/c31-24(14-18-7-3-1-4-8-18)28-22-11-12-23-20-13-19(16-30(23)25(22)32)15-29(17-20)26(33)27-21-9-5-2-6-10-21/h1,3-4,7-8,11-12,19-21H,2,5-6,9-10,13-17H2,(H,27,33)(H,28,31). The van der Waals surface area contributed by atoms with Crippen molar-refractivity contribution >= 4 is 17.6 Å². The summed E-state index contributed by atoms with van der Waals surface area (Å²) in [6.07, 6.45) is 7.02. The predicted molar refractivity (Wildman–Crippen MR) is 127 cm³/mol. The van der Waals surface area contributed by atoms with Gasteiger partial charge in [0.2, 0.25) is 5.91 Å². The van der Waals surface area contributed by atoms with Crippen LogP contribution in [0.15, 0.2) is 47.3 Å². The van der Waals surface area contributed by atoms with Crippen molar-refractivity contribution in [3.8, 4) is 0 Å². The molecule has 5 rings (SSSR count). The molecule has 174 valence electrons. The molecule has 1 saturated carbocycles. The number of rotatable bonds is 4. The van der Waals surface area contributed by atoms with Crippen LogP contribution in [0.4, 0.5) is 10.5 Å². The number of hydrogen-bond acceptors (Lipinski definition) is 3. The average molecular weight is 449 g/mol. The van der Waals surface area contributed by atoms with Gasteiger partial charge in [-0.15, -0.1) is 0 Å². The molecule has 7 heteroatoms. The van der Waals surface area contributed by atoms with E-state index in [0.29, 0.717) is 31.4 Å². The Kier molecular flexibility index (Phi) is 6.20. The van der Waals surface area contributed by atoms with Crippen LogP contribution in [0.1, 0.15) is 55.7 Å². The van der Waals surface area contributed by atoms with Crippen molar-refractivity contribution < 1.29 is 9.59 Å². The number of hydrogen-bond donors (Lipinski definition) is 2. The van der Waals surface area contributed by atoms with E-state index in [2.05, 4.69) is 10.6 Å². The highest BCUT2D eigenvalue weighted by Gasteiger charge is 2.37. The topological polar surface area (TPSA) is 83.4 Å². The summed E-state index contributed by atoms with van der Waals surface area (Å²) in [6.45, 7) is 1.89. The molecule has 2 aliphatic heterocycles. The van der Waals surface area contributed by atoms with Gasteiger partial charge < -0.3 is 20.1 Å². The number of urea groups is 1. The molecule has 3 aliphatic rings. The summed E-state index contributed by atoms with van der Waals surface area (Å²) in [5.41, 5.74) is 2.05. The summed E-state index contributed by atoms with van der Waals surface area (Å²) in [5, 5.41) is 6.03. The van der Waals surface area contributed by atoms with E-state index in [4.69, 9.17) is 0 Å². The van der Waals surface area contributed by atoms with Crippen LogP contribution >= 0.6 is 0 Å². The molecule has 0 radical (unpaired) electrons. The van der Waals surface area contributed by atoms with Crippen LogP contribution in [0.5, 0.6) is 0 Å². The van der Waals surface area contributed by atoms with Gasteiger partial charge >= 0.3 is 6.03 Å². The number of benzene rings is 1. The van der Waals surface area contributed by atoms with Crippen LogP contribution in [0.3, 0.4) is 0 Å². The second-order valence-electron chi connectivity index (χ2n) is 9.79. The number of carbonyl (C=O) groups excluding carboxylic acids is 2. The highest BCUT2D eigenvalue weighted by Crippen LogP contribution is 2.35. The van der Waals surface area contributed by atoms with E-state index in [1.54, 1.807) is 6.07 Å². The Balaban J connectivity index is 1.27. The lowest BCUT2D eigenvalue weighted by atomic mass is 9.83. The Hall–Kier alpha value is -3.09. The number of fused-ring (bicyclic) bond motifs is 4. The molecule has 2 bridgehead atoms. The second-order valence-corrected chi connectivity index (χ2v) is 9.79. The van der Waals surface area contributed by atoms with E-state index >= 15 is 0 Å². The number of amides is 3. The minimum Gasteiger partial charge on any atom is -0.335 e. The van der Waals surface area contributed by atoms with Gasteiger partial charge in [-0.05, 0) is 42.9 Å². The SMILES string of the molecule is O=C(Cc1ccccc1)Nc1ccc2n(c1=O)CC1CC2CN(C(=O)NC2CCCCC2)C1. The molecule has 2 fully saturated rings. The minimum absolute atomic E-state index is 0.0391. The zero-order valence-electron chi connectivity index (χ0n) is 19.0. The molecule has 3 heterocycles. The lowest BCUT2D eigenvalue weighted by Gasteiger charge is -2.43. The molecule has 33 heavy (non-hydrogen) atoms. The molecule has 7 nitrogen and oxygen atoms in total.